The Morgan fingerprint density at radius 2 is 1.94 bits per heavy atom. The lowest BCUT2D eigenvalue weighted by Crippen LogP contribution is -2.27. The first-order chi connectivity index (χ1) is 7.70. The number of carbonyl (C=O) groups excluding carboxylic acids is 1. The maximum absolute atomic E-state index is 11.7. The number of Topliss-reactive ketones (excluding diaryl/α,β-unsaturated/α-hetero) is 1. The third kappa shape index (κ3) is 2.23. The number of nitrogens with zero attached hydrogens (tertiary/aromatic N) is 1. The van der Waals surface area contributed by atoms with E-state index in [0.717, 1.165) is 19.3 Å². The normalized spacial score (nSPS) is 17.7. The van der Waals surface area contributed by atoms with E-state index in [-0.39, 0.29) is 11.6 Å². The fraction of sp³-hybridized carbons (Fsp3) is 0.538. The van der Waals surface area contributed by atoms with Crippen LogP contribution in [0.25, 0.3) is 0 Å². The SMILES string of the molecule is CCc1ccc(=O)n(C2CCC(=O)CC2)c1. The fourth-order valence-corrected chi connectivity index (χ4v) is 2.25. The zero-order chi connectivity index (χ0) is 11.5. The number of aromatic nitrogens is 1. The van der Waals surface area contributed by atoms with Crippen molar-refractivity contribution >= 4 is 5.78 Å². The maximum atomic E-state index is 11.7. The number of carbonyl (C=O) groups is 1. The summed E-state index contributed by atoms with van der Waals surface area (Å²) in [5.41, 5.74) is 1.23. The van der Waals surface area contributed by atoms with E-state index in [0.29, 0.717) is 18.6 Å². The summed E-state index contributed by atoms with van der Waals surface area (Å²) in [6, 6.07) is 3.74. The quantitative estimate of drug-likeness (QED) is 0.764. The molecule has 0 spiro atoms. The summed E-state index contributed by atoms with van der Waals surface area (Å²) in [4.78, 5) is 22.9. The highest BCUT2D eigenvalue weighted by Crippen LogP contribution is 2.25. The summed E-state index contributed by atoms with van der Waals surface area (Å²) >= 11 is 0. The van der Waals surface area contributed by atoms with Crippen molar-refractivity contribution in [3.05, 3.63) is 34.2 Å². The molecule has 1 aromatic rings. The summed E-state index contributed by atoms with van der Waals surface area (Å²) < 4.78 is 1.81. The van der Waals surface area contributed by atoms with Crippen molar-refractivity contribution in [2.75, 3.05) is 0 Å². The topological polar surface area (TPSA) is 39.1 Å². The molecule has 1 aromatic heterocycles. The van der Waals surface area contributed by atoms with Crippen LogP contribution in [0.2, 0.25) is 0 Å². The molecule has 1 heterocycles. The van der Waals surface area contributed by atoms with E-state index in [1.54, 1.807) is 6.07 Å². The van der Waals surface area contributed by atoms with Crippen LogP contribution >= 0.6 is 0 Å². The molecule has 3 heteroatoms. The molecular formula is C13H17NO2. The number of aryl methyl sites for hydroxylation is 1. The van der Waals surface area contributed by atoms with Gasteiger partial charge < -0.3 is 4.57 Å². The summed E-state index contributed by atoms with van der Waals surface area (Å²) in [6.45, 7) is 2.08. The van der Waals surface area contributed by atoms with Crippen molar-refractivity contribution in [2.24, 2.45) is 0 Å². The number of hydrogen-bond donors (Lipinski definition) is 0. The van der Waals surface area contributed by atoms with E-state index in [9.17, 15) is 9.59 Å². The minimum absolute atomic E-state index is 0.0524. The van der Waals surface area contributed by atoms with Gasteiger partial charge in [0.05, 0.1) is 0 Å². The van der Waals surface area contributed by atoms with E-state index in [2.05, 4.69) is 6.92 Å². The molecule has 0 bridgehead atoms. The molecule has 1 saturated carbocycles. The number of ketones is 1. The van der Waals surface area contributed by atoms with Gasteiger partial charge in [-0.05, 0) is 24.8 Å². The summed E-state index contributed by atoms with van der Waals surface area (Å²) in [5.74, 6) is 0.330. The molecular weight excluding hydrogens is 202 g/mol. The van der Waals surface area contributed by atoms with Crippen LogP contribution < -0.4 is 5.56 Å². The second kappa shape index (κ2) is 4.64. The first kappa shape index (κ1) is 11.1. The van der Waals surface area contributed by atoms with Gasteiger partial charge in [-0.15, -0.1) is 0 Å². The summed E-state index contributed by atoms with van der Waals surface area (Å²) in [7, 11) is 0. The largest absolute Gasteiger partial charge is 0.312 e. The van der Waals surface area contributed by atoms with E-state index in [1.165, 1.54) is 5.56 Å². The predicted octanol–water partition coefficient (Wildman–Crippen LogP) is 2.09. The highest BCUT2D eigenvalue weighted by atomic mass is 16.1. The zero-order valence-electron chi connectivity index (χ0n) is 9.61. The van der Waals surface area contributed by atoms with Gasteiger partial charge in [-0.25, -0.2) is 0 Å². The van der Waals surface area contributed by atoms with Crippen molar-refractivity contribution < 1.29 is 4.79 Å². The van der Waals surface area contributed by atoms with E-state index in [1.807, 2.05) is 16.8 Å². The minimum Gasteiger partial charge on any atom is -0.312 e. The van der Waals surface area contributed by atoms with Crippen LogP contribution in [-0.2, 0) is 11.2 Å². The average Bonchev–Trinajstić information content (AvgIpc) is 2.31. The highest BCUT2D eigenvalue weighted by Gasteiger charge is 2.20. The van der Waals surface area contributed by atoms with Gasteiger partial charge in [0.2, 0.25) is 0 Å². The molecule has 1 aliphatic rings. The first-order valence-electron chi connectivity index (χ1n) is 5.93. The van der Waals surface area contributed by atoms with E-state index < -0.39 is 0 Å². The summed E-state index contributed by atoms with van der Waals surface area (Å²) in [6.07, 6.45) is 5.74. The molecule has 0 aromatic carbocycles. The standard InChI is InChI=1S/C13H17NO2/c1-2-10-3-8-13(16)14(9-10)11-4-6-12(15)7-5-11/h3,8-9,11H,2,4-7H2,1H3. The Kier molecular flexibility index (Phi) is 3.22. The third-order valence-corrected chi connectivity index (χ3v) is 3.31. The number of pyridine rings is 1. The Labute approximate surface area is 95.1 Å². The Balaban J connectivity index is 2.25. The van der Waals surface area contributed by atoms with Gasteiger partial charge >= 0.3 is 0 Å². The van der Waals surface area contributed by atoms with Gasteiger partial charge in [-0.1, -0.05) is 13.0 Å². The monoisotopic (exact) mass is 219 g/mol. The van der Waals surface area contributed by atoms with Gasteiger partial charge in [0, 0.05) is 31.1 Å². The van der Waals surface area contributed by atoms with Crippen molar-refractivity contribution in [3.8, 4) is 0 Å². The molecule has 3 nitrogen and oxygen atoms in total. The number of hydrogen-bond acceptors (Lipinski definition) is 2. The predicted molar refractivity (Wildman–Crippen MR) is 62.6 cm³/mol. The molecule has 0 N–H and O–H groups in total. The van der Waals surface area contributed by atoms with Crippen LogP contribution in [0.5, 0.6) is 0 Å². The Bertz CT molecular complexity index is 437. The Hall–Kier alpha value is -1.38. The molecule has 86 valence electrons. The average molecular weight is 219 g/mol. The molecule has 1 aliphatic carbocycles. The van der Waals surface area contributed by atoms with Crippen molar-refractivity contribution in [1.29, 1.82) is 0 Å². The van der Waals surface area contributed by atoms with Gasteiger partial charge in [0.1, 0.15) is 5.78 Å². The second-order valence-electron chi connectivity index (χ2n) is 4.41. The van der Waals surface area contributed by atoms with Crippen LogP contribution in [0.3, 0.4) is 0 Å². The lowest BCUT2D eigenvalue weighted by atomic mass is 9.94. The third-order valence-electron chi connectivity index (χ3n) is 3.31. The van der Waals surface area contributed by atoms with Gasteiger partial charge in [0.15, 0.2) is 0 Å². The molecule has 0 atom stereocenters. The summed E-state index contributed by atoms with van der Waals surface area (Å²) in [5, 5.41) is 0. The zero-order valence-corrected chi connectivity index (χ0v) is 9.61. The minimum atomic E-state index is 0.0524. The lowest BCUT2D eigenvalue weighted by molar-refractivity contribution is -0.120. The fourth-order valence-electron chi connectivity index (χ4n) is 2.25. The van der Waals surface area contributed by atoms with Crippen molar-refractivity contribution in [2.45, 2.75) is 45.1 Å². The van der Waals surface area contributed by atoms with Crippen LogP contribution in [-0.4, -0.2) is 10.4 Å². The van der Waals surface area contributed by atoms with Crippen LogP contribution in [0.4, 0.5) is 0 Å². The van der Waals surface area contributed by atoms with Gasteiger partial charge in [0.25, 0.3) is 5.56 Å². The van der Waals surface area contributed by atoms with Gasteiger partial charge in [-0.2, -0.15) is 0 Å². The highest BCUT2D eigenvalue weighted by molar-refractivity contribution is 5.79. The van der Waals surface area contributed by atoms with E-state index >= 15 is 0 Å². The first-order valence-corrected chi connectivity index (χ1v) is 5.93. The van der Waals surface area contributed by atoms with Gasteiger partial charge in [-0.3, -0.25) is 9.59 Å². The van der Waals surface area contributed by atoms with Crippen LogP contribution in [0.1, 0.15) is 44.2 Å². The van der Waals surface area contributed by atoms with E-state index in [4.69, 9.17) is 0 Å². The van der Waals surface area contributed by atoms with Crippen molar-refractivity contribution in [3.63, 3.8) is 0 Å². The number of rotatable bonds is 2. The molecule has 0 aliphatic heterocycles. The molecule has 2 rings (SSSR count). The van der Waals surface area contributed by atoms with Crippen LogP contribution in [0, 0.1) is 0 Å². The molecule has 0 radical (unpaired) electrons. The molecule has 16 heavy (non-hydrogen) atoms. The smallest absolute Gasteiger partial charge is 0.250 e. The Morgan fingerprint density at radius 1 is 1.25 bits per heavy atom. The van der Waals surface area contributed by atoms with Crippen LogP contribution in [0.15, 0.2) is 23.1 Å². The molecule has 1 fully saturated rings. The molecule has 0 unspecified atom stereocenters. The second-order valence-corrected chi connectivity index (χ2v) is 4.41. The molecule has 0 amide bonds. The molecule has 0 saturated heterocycles. The van der Waals surface area contributed by atoms with Crippen molar-refractivity contribution in [1.82, 2.24) is 4.57 Å². The maximum Gasteiger partial charge on any atom is 0.250 e. The Morgan fingerprint density at radius 3 is 2.56 bits per heavy atom. The lowest BCUT2D eigenvalue weighted by Gasteiger charge is -2.23.